The van der Waals surface area contributed by atoms with Gasteiger partial charge < -0.3 is 19.7 Å². The lowest BCUT2D eigenvalue weighted by atomic mass is 9.98. The Labute approximate surface area is 173 Å². The van der Waals surface area contributed by atoms with Crippen LogP contribution in [0.1, 0.15) is 25.0 Å². The van der Waals surface area contributed by atoms with Crippen LogP contribution in [-0.4, -0.2) is 15.3 Å². The van der Waals surface area contributed by atoms with E-state index in [-0.39, 0.29) is 44.9 Å². The van der Waals surface area contributed by atoms with Gasteiger partial charge in [-0.3, -0.25) is 4.79 Å². The van der Waals surface area contributed by atoms with Crippen molar-refractivity contribution in [2.24, 2.45) is 0 Å². The topological polar surface area (TPSA) is 90.9 Å². The average Bonchev–Trinajstić information content (AvgIpc) is 2.68. The Morgan fingerprint density at radius 3 is 2.03 bits per heavy atom. The van der Waals surface area contributed by atoms with Gasteiger partial charge in [0.1, 0.15) is 28.9 Å². The van der Waals surface area contributed by atoms with Crippen molar-refractivity contribution in [3.05, 3.63) is 88.3 Å². The maximum absolute atomic E-state index is 13.3. The second-order valence-corrected chi connectivity index (χ2v) is 7.11. The van der Waals surface area contributed by atoms with Crippen molar-refractivity contribution < 1.29 is 19.7 Å². The predicted molar refractivity (Wildman–Crippen MR) is 121 cm³/mol. The minimum atomic E-state index is -0.464. The maximum atomic E-state index is 13.3. The van der Waals surface area contributed by atoms with E-state index in [9.17, 15) is 20.1 Å². The highest BCUT2D eigenvalue weighted by Crippen LogP contribution is 2.41. The molecule has 0 saturated heterocycles. The Morgan fingerprint density at radius 2 is 1.47 bits per heavy atom. The molecule has 3 N–H and O–H groups in total. The summed E-state index contributed by atoms with van der Waals surface area (Å²) in [6.45, 7) is 11.1. The molecule has 152 valence electrons. The fraction of sp³-hybridized carbons (Fsp3) is 0.0800. The highest BCUT2D eigenvalue weighted by molar-refractivity contribution is 5.98. The number of fused-ring (bicyclic) bond motifs is 1. The third-order valence-corrected chi connectivity index (χ3v) is 4.49. The fourth-order valence-corrected chi connectivity index (χ4v) is 2.98. The van der Waals surface area contributed by atoms with Gasteiger partial charge in [0.2, 0.25) is 5.43 Å². The van der Waals surface area contributed by atoms with Gasteiger partial charge in [0, 0.05) is 0 Å². The molecular formula is C25H22O5. The molecular weight excluding hydrogens is 380 g/mol. The van der Waals surface area contributed by atoms with E-state index in [4.69, 9.17) is 4.42 Å². The first kappa shape index (κ1) is 20.7. The normalized spacial score (nSPS) is 11.5. The number of rotatable bonds is 5. The molecule has 0 aliphatic heterocycles. The summed E-state index contributed by atoms with van der Waals surface area (Å²) in [5.41, 5.74) is 2.11. The number of phenols is 3. The van der Waals surface area contributed by atoms with Crippen molar-refractivity contribution in [1.82, 2.24) is 0 Å². The van der Waals surface area contributed by atoms with Crippen molar-refractivity contribution in [2.75, 3.05) is 0 Å². The molecule has 5 nitrogen and oxygen atoms in total. The van der Waals surface area contributed by atoms with Crippen LogP contribution in [0.2, 0.25) is 0 Å². The molecule has 0 unspecified atom stereocenters. The van der Waals surface area contributed by atoms with E-state index >= 15 is 0 Å². The molecule has 2 aromatic carbocycles. The summed E-state index contributed by atoms with van der Waals surface area (Å²) < 4.78 is 5.71. The monoisotopic (exact) mass is 402 g/mol. The molecule has 30 heavy (non-hydrogen) atoms. The van der Waals surface area contributed by atoms with Crippen LogP contribution in [-0.2, 0) is 0 Å². The van der Waals surface area contributed by atoms with E-state index in [1.807, 2.05) is 0 Å². The quantitative estimate of drug-likeness (QED) is 0.472. The van der Waals surface area contributed by atoms with E-state index in [1.165, 1.54) is 24.5 Å². The van der Waals surface area contributed by atoms with Crippen LogP contribution in [0.4, 0.5) is 0 Å². The largest absolute Gasteiger partial charge is 0.508 e. The smallest absolute Gasteiger partial charge is 0.204 e. The molecule has 1 aromatic heterocycles. The molecule has 0 fully saturated rings. The Balaban J connectivity index is 2.41. The van der Waals surface area contributed by atoms with E-state index in [0.717, 1.165) is 5.57 Å². The van der Waals surface area contributed by atoms with Crippen molar-refractivity contribution in [3.8, 4) is 28.4 Å². The predicted octanol–water partition coefficient (Wildman–Crippen LogP) is 5.76. The lowest BCUT2D eigenvalue weighted by molar-refractivity contribution is 0.449. The third kappa shape index (κ3) is 3.91. The highest BCUT2D eigenvalue weighted by Gasteiger charge is 2.22. The first-order valence-electron chi connectivity index (χ1n) is 9.20. The molecule has 0 bridgehead atoms. The van der Waals surface area contributed by atoms with Crippen LogP contribution in [0.25, 0.3) is 34.2 Å². The molecule has 5 heteroatoms. The lowest BCUT2D eigenvalue weighted by Crippen LogP contribution is -2.06. The zero-order valence-corrected chi connectivity index (χ0v) is 16.8. The Kier molecular flexibility index (Phi) is 5.65. The van der Waals surface area contributed by atoms with Crippen molar-refractivity contribution in [1.29, 1.82) is 0 Å². The van der Waals surface area contributed by atoms with E-state index in [2.05, 4.69) is 13.2 Å². The van der Waals surface area contributed by atoms with Gasteiger partial charge in [0.05, 0.1) is 16.7 Å². The minimum Gasteiger partial charge on any atom is -0.508 e. The zero-order valence-electron chi connectivity index (χ0n) is 16.8. The first-order valence-corrected chi connectivity index (χ1v) is 9.20. The molecule has 0 aliphatic rings. The summed E-state index contributed by atoms with van der Waals surface area (Å²) in [4.78, 5) is 13.3. The Morgan fingerprint density at radius 1 is 0.900 bits per heavy atom. The van der Waals surface area contributed by atoms with Crippen LogP contribution in [0.3, 0.4) is 0 Å². The van der Waals surface area contributed by atoms with Gasteiger partial charge in [-0.2, -0.15) is 0 Å². The van der Waals surface area contributed by atoms with E-state index in [1.54, 1.807) is 44.2 Å². The van der Waals surface area contributed by atoms with Crippen LogP contribution in [0, 0.1) is 0 Å². The van der Waals surface area contributed by atoms with Crippen LogP contribution < -0.4 is 5.43 Å². The molecule has 1 heterocycles. The number of hydrogen-bond donors (Lipinski definition) is 3. The van der Waals surface area contributed by atoms with E-state index in [0.29, 0.717) is 11.1 Å². The zero-order chi connectivity index (χ0) is 22.0. The SMILES string of the molecule is C=C(C)C=Cc1c(O)c(C=CC(=C)C)c2occ(-c3ccc(O)cc3)c(=O)c2c1O. The summed E-state index contributed by atoms with van der Waals surface area (Å²) in [6.07, 6.45) is 7.65. The van der Waals surface area contributed by atoms with Gasteiger partial charge in [-0.05, 0) is 43.7 Å². The number of hydrogen-bond acceptors (Lipinski definition) is 5. The average molecular weight is 402 g/mol. The summed E-state index contributed by atoms with van der Waals surface area (Å²) in [7, 11) is 0. The van der Waals surface area contributed by atoms with Crippen molar-refractivity contribution in [3.63, 3.8) is 0 Å². The Hall–Kier alpha value is -3.99. The fourth-order valence-electron chi connectivity index (χ4n) is 2.98. The molecule has 3 aromatic rings. The van der Waals surface area contributed by atoms with Gasteiger partial charge in [-0.25, -0.2) is 0 Å². The molecule has 3 rings (SSSR count). The Bertz CT molecular complexity index is 1270. The first-order chi connectivity index (χ1) is 14.2. The van der Waals surface area contributed by atoms with Gasteiger partial charge >= 0.3 is 0 Å². The van der Waals surface area contributed by atoms with Gasteiger partial charge in [-0.1, -0.05) is 48.6 Å². The summed E-state index contributed by atoms with van der Waals surface area (Å²) >= 11 is 0. The van der Waals surface area contributed by atoms with Gasteiger partial charge in [0.15, 0.2) is 5.58 Å². The minimum absolute atomic E-state index is 0.0545. The molecule has 0 amide bonds. The number of benzene rings is 2. The van der Waals surface area contributed by atoms with Crippen molar-refractivity contribution >= 4 is 23.1 Å². The van der Waals surface area contributed by atoms with Crippen molar-refractivity contribution in [2.45, 2.75) is 13.8 Å². The summed E-state index contributed by atoms with van der Waals surface area (Å²) in [5, 5.41) is 31.1. The number of allylic oxidation sites excluding steroid dienone is 4. The summed E-state index contributed by atoms with van der Waals surface area (Å²) in [5.74, 6) is -0.548. The maximum Gasteiger partial charge on any atom is 0.204 e. The van der Waals surface area contributed by atoms with Crippen LogP contribution in [0.5, 0.6) is 17.2 Å². The second-order valence-electron chi connectivity index (χ2n) is 7.11. The van der Waals surface area contributed by atoms with Crippen LogP contribution >= 0.6 is 0 Å². The number of phenolic OH excluding ortho intramolecular Hbond substituents is 3. The highest BCUT2D eigenvalue weighted by atomic mass is 16.3. The van der Waals surface area contributed by atoms with Crippen LogP contribution in [0.15, 0.2) is 76.2 Å². The molecule has 0 spiro atoms. The van der Waals surface area contributed by atoms with Gasteiger partial charge in [0.25, 0.3) is 0 Å². The van der Waals surface area contributed by atoms with E-state index < -0.39 is 5.43 Å². The molecule has 0 radical (unpaired) electrons. The molecule has 0 atom stereocenters. The second kappa shape index (κ2) is 8.17. The molecule has 0 aliphatic carbocycles. The summed E-state index contributed by atoms with van der Waals surface area (Å²) in [6, 6.07) is 6.07. The molecule has 0 saturated carbocycles. The van der Waals surface area contributed by atoms with Gasteiger partial charge in [-0.15, -0.1) is 0 Å². The standard InChI is InChI=1S/C25H22O5/c1-14(2)5-11-18-22(27)19(12-6-15(3)4)25-21(23(18)28)24(29)20(13-30-25)16-7-9-17(26)10-8-16/h5-13,26-28H,1,3H2,2,4H3. The third-order valence-electron chi connectivity index (χ3n) is 4.49. The lowest BCUT2D eigenvalue weighted by Gasteiger charge is -2.12. The number of aromatic hydroxyl groups is 3.